The van der Waals surface area contributed by atoms with E-state index < -0.39 is 68.9 Å². The Bertz CT molecular complexity index is 1460. The number of likely N-dealkylation sites (N-methyl/N-ethyl adjacent to an activating group) is 1. The number of hydrogen-bond donors (Lipinski definition) is 2. The Labute approximate surface area is 210 Å². The molecule has 2 N–H and O–H groups in total. The molecule has 2 unspecified atom stereocenters. The largest absolute Gasteiger partial charge is 0.325 e. The predicted octanol–water partition coefficient (Wildman–Crippen LogP) is 0.921. The molecule has 2 aromatic rings. The molecule has 1 spiro atoms. The normalized spacial score (nSPS) is 24.4. The van der Waals surface area contributed by atoms with Crippen LogP contribution in [0, 0.1) is 11.6 Å². The first-order valence-corrected chi connectivity index (χ1v) is 13.2. The zero-order valence-corrected chi connectivity index (χ0v) is 20.4. The minimum Gasteiger partial charge on any atom is -0.325 e. The van der Waals surface area contributed by atoms with Gasteiger partial charge in [-0.3, -0.25) is 19.7 Å². The number of carbonyl (C=O) groups excluding carboxylic acids is 4. The van der Waals surface area contributed by atoms with E-state index in [4.69, 9.17) is 0 Å². The average molecular weight is 533 g/mol. The van der Waals surface area contributed by atoms with Crippen molar-refractivity contribution in [3.05, 3.63) is 64.7 Å². The summed E-state index contributed by atoms with van der Waals surface area (Å²) < 4.78 is 52.1. The lowest BCUT2D eigenvalue weighted by Gasteiger charge is -2.35. The number of sulfone groups is 1. The summed E-state index contributed by atoms with van der Waals surface area (Å²) in [6.07, 6.45) is 0.586. The van der Waals surface area contributed by atoms with Crippen LogP contribution in [0.3, 0.4) is 0 Å². The highest BCUT2D eigenvalue weighted by Gasteiger charge is 2.54. The van der Waals surface area contributed by atoms with Crippen molar-refractivity contribution in [2.75, 3.05) is 30.4 Å². The average Bonchev–Trinajstić information content (AvgIpc) is 3.27. The van der Waals surface area contributed by atoms with E-state index in [0.29, 0.717) is 18.2 Å². The minimum absolute atomic E-state index is 0.0711. The molecule has 13 heteroatoms. The number of carbonyl (C=O) groups is 4. The molecule has 37 heavy (non-hydrogen) atoms. The van der Waals surface area contributed by atoms with Crippen LogP contribution in [0.1, 0.15) is 22.7 Å². The second kappa shape index (κ2) is 8.61. The van der Waals surface area contributed by atoms with E-state index >= 15 is 0 Å². The fraction of sp³-hybridized carbons (Fsp3) is 0.333. The molecule has 194 valence electrons. The molecule has 0 radical (unpaired) electrons. The zero-order valence-electron chi connectivity index (χ0n) is 19.6. The van der Waals surface area contributed by atoms with Gasteiger partial charge in [0.15, 0.2) is 9.84 Å². The zero-order chi connectivity index (χ0) is 26.7. The summed E-state index contributed by atoms with van der Waals surface area (Å²) in [6.45, 7) is -0.544. The third-order valence-electron chi connectivity index (χ3n) is 7.08. The molecular formula is C24H22F2N4O6S. The van der Waals surface area contributed by atoms with Crippen LogP contribution >= 0.6 is 0 Å². The lowest BCUT2D eigenvalue weighted by molar-refractivity contribution is -0.135. The molecule has 5 rings (SSSR count). The van der Waals surface area contributed by atoms with E-state index in [1.807, 2.05) is 0 Å². The highest BCUT2D eigenvalue weighted by Crippen LogP contribution is 2.38. The van der Waals surface area contributed by atoms with Gasteiger partial charge in [-0.2, -0.15) is 0 Å². The summed E-state index contributed by atoms with van der Waals surface area (Å²) in [5, 5.41) is 4.97. The number of rotatable bonds is 4. The Morgan fingerprint density at radius 3 is 2.41 bits per heavy atom. The van der Waals surface area contributed by atoms with Gasteiger partial charge in [-0.05, 0) is 41.0 Å². The Morgan fingerprint density at radius 2 is 1.76 bits per heavy atom. The number of nitrogens with one attached hydrogen (secondary N) is 2. The summed E-state index contributed by atoms with van der Waals surface area (Å²) in [6, 6.07) is 5.80. The lowest BCUT2D eigenvalue weighted by atomic mass is 9.95. The van der Waals surface area contributed by atoms with Crippen molar-refractivity contribution < 1.29 is 36.4 Å². The minimum atomic E-state index is -3.84. The van der Waals surface area contributed by atoms with E-state index in [2.05, 4.69) is 10.6 Å². The molecule has 2 fully saturated rings. The molecule has 0 bridgehead atoms. The van der Waals surface area contributed by atoms with E-state index in [1.54, 1.807) is 25.2 Å². The quantitative estimate of drug-likeness (QED) is 0.563. The molecule has 0 saturated carbocycles. The van der Waals surface area contributed by atoms with Crippen LogP contribution in [0.5, 0.6) is 0 Å². The second-order valence-electron chi connectivity index (χ2n) is 9.53. The molecule has 2 heterocycles. The van der Waals surface area contributed by atoms with Crippen LogP contribution in [0.25, 0.3) is 0 Å². The first-order valence-electron chi connectivity index (χ1n) is 11.3. The van der Waals surface area contributed by atoms with Gasteiger partial charge in [0.1, 0.15) is 29.5 Å². The van der Waals surface area contributed by atoms with E-state index in [1.165, 1.54) is 4.90 Å². The smallest absolute Gasteiger partial charge is 0.324 e. The molecule has 1 aliphatic carbocycles. The number of urea groups is 1. The van der Waals surface area contributed by atoms with Gasteiger partial charge in [-0.15, -0.1) is 0 Å². The lowest BCUT2D eigenvalue weighted by Crippen LogP contribution is -2.50. The van der Waals surface area contributed by atoms with Gasteiger partial charge in [0, 0.05) is 31.6 Å². The fourth-order valence-electron chi connectivity index (χ4n) is 5.21. The van der Waals surface area contributed by atoms with E-state index in [-0.39, 0.29) is 17.9 Å². The van der Waals surface area contributed by atoms with Crippen molar-refractivity contribution in [3.8, 4) is 0 Å². The molecule has 5 amide bonds. The Hall–Kier alpha value is -3.87. The molecule has 0 aromatic heterocycles. The summed E-state index contributed by atoms with van der Waals surface area (Å²) >= 11 is 0. The number of fused-ring (bicyclic) bond motifs is 1. The summed E-state index contributed by atoms with van der Waals surface area (Å²) in [7, 11) is -2.29. The van der Waals surface area contributed by atoms with Gasteiger partial charge in [0.25, 0.3) is 5.91 Å². The number of amides is 5. The van der Waals surface area contributed by atoms with Gasteiger partial charge in [0.2, 0.25) is 11.8 Å². The first-order chi connectivity index (χ1) is 17.4. The van der Waals surface area contributed by atoms with Crippen molar-refractivity contribution in [1.29, 1.82) is 0 Å². The first kappa shape index (κ1) is 24.8. The predicted molar refractivity (Wildman–Crippen MR) is 126 cm³/mol. The van der Waals surface area contributed by atoms with Crippen LogP contribution < -0.4 is 10.6 Å². The molecular weight excluding hydrogens is 510 g/mol. The monoisotopic (exact) mass is 532 g/mol. The summed E-state index contributed by atoms with van der Waals surface area (Å²) in [4.78, 5) is 52.3. The molecule has 2 atom stereocenters. The Morgan fingerprint density at radius 1 is 1.08 bits per heavy atom. The van der Waals surface area contributed by atoms with Crippen molar-refractivity contribution in [2.45, 2.75) is 24.4 Å². The third kappa shape index (κ3) is 4.43. The van der Waals surface area contributed by atoms with E-state index in [9.17, 15) is 36.4 Å². The molecule has 3 aliphatic rings. The number of anilines is 1. The van der Waals surface area contributed by atoms with Crippen LogP contribution in [0.4, 0.5) is 19.3 Å². The highest BCUT2D eigenvalue weighted by atomic mass is 32.2. The summed E-state index contributed by atoms with van der Waals surface area (Å²) in [5.74, 6) is -5.16. The van der Waals surface area contributed by atoms with Crippen LogP contribution in [-0.4, -0.2) is 72.6 Å². The van der Waals surface area contributed by atoms with E-state index in [0.717, 1.165) is 28.2 Å². The number of nitrogens with zero attached hydrogens (tertiary/aromatic N) is 2. The maximum Gasteiger partial charge on any atom is 0.324 e. The van der Waals surface area contributed by atoms with Crippen LogP contribution in [0.15, 0.2) is 36.4 Å². The maximum atomic E-state index is 13.8. The Kier molecular flexibility index (Phi) is 5.77. The number of benzene rings is 2. The molecule has 2 aromatic carbocycles. The Balaban J connectivity index is 1.34. The fourth-order valence-corrected chi connectivity index (χ4v) is 6.72. The van der Waals surface area contributed by atoms with Gasteiger partial charge in [-0.25, -0.2) is 22.0 Å². The highest BCUT2D eigenvalue weighted by molar-refractivity contribution is 7.92. The SMILES string of the molecule is CN1C(=O)NC(=O)C12Cc1ccc(NC(=O)CN3C(=O)CS(=O)(=O)CC3c3cc(F)cc(F)c3)cc1C2. The molecule has 2 saturated heterocycles. The van der Waals surface area contributed by atoms with Crippen molar-refractivity contribution >= 4 is 39.3 Å². The number of hydrogen-bond acceptors (Lipinski definition) is 6. The molecule has 10 nitrogen and oxygen atoms in total. The van der Waals surface area contributed by atoms with Gasteiger partial charge >= 0.3 is 6.03 Å². The standard InChI is InChI=1S/C24H22F2N4O6S/c1-29-23(34)28-22(33)24(29)8-13-2-3-18(6-15(13)9-24)27-20(31)10-30-19(11-37(35,36)12-21(30)32)14-4-16(25)7-17(26)5-14/h2-7,19H,8-12H2,1H3,(H,27,31)(H,28,33,34). The second-order valence-corrected chi connectivity index (χ2v) is 11.6. The van der Waals surface area contributed by atoms with Crippen molar-refractivity contribution in [2.24, 2.45) is 0 Å². The van der Waals surface area contributed by atoms with Crippen molar-refractivity contribution in [1.82, 2.24) is 15.1 Å². The van der Waals surface area contributed by atoms with Crippen LogP contribution in [-0.2, 0) is 37.1 Å². The number of imide groups is 1. The topological polar surface area (TPSA) is 133 Å². The van der Waals surface area contributed by atoms with Gasteiger partial charge < -0.3 is 15.1 Å². The summed E-state index contributed by atoms with van der Waals surface area (Å²) in [5.41, 5.74) is 0.889. The molecule has 2 aliphatic heterocycles. The van der Waals surface area contributed by atoms with Gasteiger partial charge in [-0.1, -0.05) is 6.07 Å². The number of halogens is 2. The van der Waals surface area contributed by atoms with Crippen LogP contribution in [0.2, 0.25) is 0 Å². The third-order valence-corrected chi connectivity index (χ3v) is 8.59. The van der Waals surface area contributed by atoms with Gasteiger partial charge in [0.05, 0.1) is 11.8 Å². The van der Waals surface area contributed by atoms with Crippen molar-refractivity contribution in [3.63, 3.8) is 0 Å². The maximum absolute atomic E-state index is 13.8.